The van der Waals surface area contributed by atoms with Gasteiger partial charge in [0.25, 0.3) is 0 Å². The van der Waals surface area contributed by atoms with Crippen LogP contribution in [0.15, 0.2) is 72.8 Å². The molecule has 78 heavy (non-hydrogen) atoms. The fourth-order valence-corrected chi connectivity index (χ4v) is 36.8. The number of benzene rings is 6. The Hall–Kier alpha value is -4.93. The van der Waals surface area contributed by atoms with Gasteiger partial charge in [-0.15, -0.1) is 22.2 Å². The van der Waals surface area contributed by atoms with Crippen molar-refractivity contribution in [1.29, 1.82) is 0 Å². The molecule has 0 aliphatic rings. The summed E-state index contributed by atoms with van der Waals surface area (Å²) in [5.74, 6) is 16.1. The Kier molecular flexibility index (Phi) is 18.1. The summed E-state index contributed by atoms with van der Waals surface area (Å²) >= 11 is 0. The van der Waals surface area contributed by atoms with Gasteiger partial charge in [0.1, 0.15) is 32.3 Å². The zero-order valence-electron chi connectivity index (χ0n) is 52.8. The molecule has 1 heterocycles. The number of hydrogen-bond donors (Lipinski definition) is 0. The molecule has 0 radical (unpaired) electrons. The SMILES string of the molecule is CC(C)[Si](C#Cc1c2ccccc2c(C#C[Si](C(C)C)(C(C)C)C(C)C)c2cc3nc4cc5c(C#C[Si](C(C)C)(C(C)C)C(C)C)c6ccccc6c(C#C[Si](C(C)C)(C(C)C)C(C)C)c5cc4nc3cc12)(C(C)C)C(C)C. The minimum absolute atomic E-state index is 0.505. The highest BCUT2D eigenvalue weighted by atomic mass is 28.3. The minimum Gasteiger partial charge on any atom is -0.244 e. The number of aromatic nitrogens is 2. The predicted molar refractivity (Wildman–Crippen MR) is 359 cm³/mol. The lowest BCUT2D eigenvalue weighted by Gasteiger charge is -2.38. The Labute approximate surface area is 478 Å². The van der Waals surface area contributed by atoms with Gasteiger partial charge in [0.05, 0.1) is 22.1 Å². The average molecular weight is 1100 g/mol. The first-order chi connectivity index (χ1) is 36.6. The first kappa shape index (κ1) is 60.7. The topological polar surface area (TPSA) is 25.8 Å². The van der Waals surface area contributed by atoms with E-state index < -0.39 is 32.3 Å². The summed E-state index contributed by atoms with van der Waals surface area (Å²) in [6.07, 6.45) is 0. The monoisotopic (exact) mass is 1100 g/mol. The number of nitrogens with zero attached hydrogens (tertiary/aromatic N) is 2. The average Bonchev–Trinajstić information content (AvgIpc) is 3.41. The molecule has 0 amide bonds. The number of hydrogen-bond acceptors (Lipinski definition) is 2. The molecule has 0 spiro atoms. The van der Waals surface area contributed by atoms with E-state index in [1.807, 2.05) is 0 Å². The molecule has 7 rings (SSSR count). The van der Waals surface area contributed by atoms with E-state index in [2.05, 4.69) is 285 Å². The molecule has 0 saturated heterocycles. The molecule has 0 saturated carbocycles. The van der Waals surface area contributed by atoms with Crippen LogP contribution in [0.3, 0.4) is 0 Å². The summed E-state index contributed by atoms with van der Waals surface area (Å²) in [7, 11) is -8.49. The second-order valence-corrected chi connectivity index (χ2v) is 49.5. The lowest BCUT2D eigenvalue weighted by atomic mass is 9.91. The van der Waals surface area contributed by atoms with Crippen molar-refractivity contribution in [3.05, 3.63) is 95.1 Å². The molecule has 0 unspecified atom stereocenters. The fourth-order valence-electron chi connectivity index (χ4n) is 16.0. The normalized spacial score (nSPS) is 13.1. The summed E-state index contributed by atoms with van der Waals surface area (Å²) < 4.78 is 0. The van der Waals surface area contributed by atoms with Crippen molar-refractivity contribution < 1.29 is 0 Å². The zero-order chi connectivity index (χ0) is 57.7. The van der Waals surface area contributed by atoms with Crippen molar-refractivity contribution in [2.24, 2.45) is 0 Å². The molecule has 6 heteroatoms. The summed E-state index contributed by atoms with van der Waals surface area (Å²) in [5.41, 5.74) is 30.5. The zero-order valence-corrected chi connectivity index (χ0v) is 56.8. The van der Waals surface area contributed by atoms with Crippen LogP contribution in [0.4, 0.5) is 0 Å². The van der Waals surface area contributed by atoms with Crippen LogP contribution in [-0.4, -0.2) is 42.3 Å². The van der Waals surface area contributed by atoms with E-state index >= 15 is 0 Å². The van der Waals surface area contributed by atoms with Gasteiger partial charge < -0.3 is 0 Å². The Bertz CT molecular complexity index is 3100. The van der Waals surface area contributed by atoms with Gasteiger partial charge in [-0.1, -0.05) is 238 Å². The van der Waals surface area contributed by atoms with E-state index in [0.717, 1.165) is 87.4 Å². The van der Waals surface area contributed by atoms with Gasteiger partial charge in [0, 0.05) is 43.8 Å². The quantitative estimate of drug-likeness (QED) is 0.0692. The third-order valence-electron chi connectivity index (χ3n) is 19.8. The van der Waals surface area contributed by atoms with Crippen LogP contribution in [-0.2, 0) is 0 Å². The van der Waals surface area contributed by atoms with E-state index in [1.165, 1.54) is 0 Å². The Morgan fingerprint density at radius 3 is 0.538 bits per heavy atom. The molecule has 6 aromatic carbocycles. The van der Waals surface area contributed by atoms with Gasteiger partial charge in [-0.3, -0.25) is 0 Å². The van der Waals surface area contributed by atoms with E-state index in [-0.39, 0.29) is 0 Å². The van der Waals surface area contributed by atoms with Crippen LogP contribution in [0.1, 0.15) is 188 Å². The maximum Gasteiger partial charge on any atom is 0.146 e. The van der Waals surface area contributed by atoms with Crippen molar-refractivity contribution >= 4 is 97.5 Å². The molecule has 0 aliphatic carbocycles. The second-order valence-electron chi connectivity index (χ2n) is 27.2. The molecule has 0 N–H and O–H groups in total. The van der Waals surface area contributed by atoms with Crippen LogP contribution in [0.5, 0.6) is 0 Å². The first-order valence-electron chi connectivity index (χ1n) is 30.2. The van der Waals surface area contributed by atoms with Gasteiger partial charge in [-0.2, -0.15) is 0 Å². The van der Waals surface area contributed by atoms with Crippen molar-refractivity contribution in [2.45, 2.75) is 233 Å². The molecule has 0 aliphatic heterocycles. The highest BCUT2D eigenvalue weighted by Gasteiger charge is 2.45. The van der Waals surface area contributed by atoms with Gasteiger partial charge >= 0.3 is 0 Å². The molecule has 0 atom stereocenters. The highest BCUT2D eigenvalue weighted by molar-refractivity contribution is 6.92. The van der Waals surface area contributed by atoms with Gasteiger partial charge in [-0.25, -0.2) is 9.97 Å². The van der Waals surface area contributed by atoms with Crippen LogP contribution in [0.2, 0.25) is 66.5 Å². The molecular formula is C72H96N2Si4. The van der Waals surface area contributed by atoms with Crippen molar-refractivity contribution in [3.8, 4) is 45.9 Å². The largest absolute Gasteiger partial charge is 0.244 e. The molecule has 7 aromatic rings. The Morgan fingerprint density at radius 1 is 0.244 bits per heavy atom. The van der Waals surface area contributed by atoms with Crippen molar-refractivity contribution in [1.82, 2.24) is 9.97 Å². The van der Waals surface area contributed by atoms with Crippen LogP contribution in [0, 0.1) is 45.9 Å². The number of rotatable bonds is 12. The predicted octanol–water partition coefficient (Wildman–Crippen LogP) is 21.7. The first-order valence-corrected chi connectivity index (χ1v) is 39.1. The maximum atomic E-state index is 5.68. The summed E-state index contributed by atoms with van der Waals surface area (Å²) in [6, 6.07) is 27.1. The van der Waals surface area contributed by atoms with Gasteiger partial charge in [-0.05, 0) is 112 Å². The van der Waals surface area contributed by atoms with Gasteiger partial charge in [0.2, 0.25) is 0 Å². The molecular weight excluding hydrogens is 1010 g/mol. The lowest BCUT2D eigenvalue weighted by Crippen LogP contribution is -2.43. The highest BCUT2D eigenvalue weighted by Crippen LogP contribution is 2.46. The van der Waals surface area contributed by atoms with Crippen molar-refractivity contribution in [2.75, 3.05) is 0 Å². The standard InChI is InChI=1S/C72H96N2Si4/c1-45(2)75(46(3)4,47(5)6)37-33-61-57-29-25-26-30-58(57)62(34-38-76(48(7)8,49(9)10)50(11)12)66-42-70-69(41-65(61)66)73-71-43-67-63(35-39-77(51(13)14,52(15)16)53(17)18)59-31-27-28-32-60(59)64(68(67)44-72(71)74-70)36-40-78(54(19)20,55(21)22)56(23)24/h25-32,41-56H,1-24H3. The Morgan fingerprint density at radius 2 is 0.397 bits per heavy atom. The van der Waals surface area contributed by atoms with Crippen LogP contribution < -0.4 is 0 Å². The fraction of sp³-hybridized carbons (Fsp3) is 0.500. The smallest absolute Gasteiger partial charge is 0.146 e. The molecule has 410 valence electrons. The van der Waals surface area contributed by atoms with E-state index in [9.17, 15) is 0 Å². The summed E-state index contributed by atoms with van der Waals surface area (Å²) in [4.78, 5) is 11.4. The van der Waals surface area contributed by atoms with Crippen LogP contribution >= 0.6 is 0 Å². The van der Waals surface area contributed by atoms with E-state index in [4.69, 9.17) is 9.97 Å². The third kappa shape index (κ3) is 10.2. The Balaban J connectivity index is 1.71. The molecule has 2 nitrogen and oxygen atoms in total. The van der Waals surface area contributed by atoms with E-state index in [0.29, 0.717) is 66.5 Å². The summed E-state index contributed by atoms with van der Waals surface area (Å²) in [6.45, 7) is 57.8. The molecule has 1 aromatic heterocycles. The van der Waals surface area contributed by atoms with E-state index in [1.54, 1.807) is 0 Å². The third-order valence-corrected chi connectivity index (χ3v) is 45.0. The maximum absolute atomic E-state index is 5.68. The van der Waals surface area contributed by atoms with Crippen molar-refractivity contribution in [3.63, 3.8) is 0 Å². The lowest BCUT2D eigenvalue weighted by molar-refractivity contribution is 0.838. The number of fused-ring (bicyclic) bond motifs is 6. The molecule has 0 fully saturated rings. The minimum atomic E-state index is -2.12. The van der Waals surface area contributed by atoms with Gasteiger partial charge in [0.15, 0.2) is 0 Å². The second kappa shape index (κ2) is 23.3. The summed E-state index contributed by atoms with van der Waals surface area (Å²) in [5, 5.41) is 9.10. The molecule has 0 bridgehead atoms. The van der Waals surface area contributed by atoms with Crippen LogP contribution in [0.25, 0.3) is 65.2 Å².